The molecule has 0 spiro atoms. The lowest BCUT2D eigenvalue weighted by Gasteiger charge is -2.08. The van der Waals surface area contributed by atoms with Crippen molar-refractivity contribution in [1.82, 2.24) is 15.1 Å². The van der Waals surface area contributed by atoms with Gasteiger partial charge in [0.2, 0.25) is 5.82 Å². The summed E-state index contributed by atoms with van der Waals surface area (Å²) in [6.07, 6.45) is -2.50. The first-order chi connectivity index (χ1) is 10.8. The molecule has 0 unspecified atom stereocenters. The Balaban J connectivity index is 2.07. The van der Waals surface area contributed by atoms with E-state index in [0.29, 0.717) is 15.6 Å². The number of nitrogens with zero attached hydrogens (tertiary/aromatic N) is 3. The van der Waals surface area contributed by atoms with E-state index in [-0.39, 0.29) is 17.3 Å². The third kappa shape index (κ3) is 3.30. The standard InChI is InChI=1S/C14H6Cl2F3N3O/c15-8-3-7(4-9(16)5-8)12-21-13(23-22-12)10-6-20-2-1-11(10)14(17,18)19/h1-6H. The highest BCUT2D eigenvalue weighted by Crippen LogP contribution is 2.36. The van der Waals surface area contributed by atoms with Gasteiger partial charge in [0.05, 0.1) is 11.1 Å². The van der Waals surface area contributed by atoms with Gasteiger partial charge in [-0.15, -0.1) is 0 Å². The highest BCUT2D eigenvalue weighted by molar-refractivity contribution is 6.35. The molecule has 3 rings (SSSR count). The molecule has 3 aromatic rings. The van der Waals surface area contributed by atoms with E-state index in [0.717, 1.165) is 18.5 Å². The SMILES string of the molecule is FC(F)(F)c1ccncc1-c1nc(-c2cc(Cl)cc(Cl)c2)no1. The summed E-state index contributed by atoms with van der Waals surface area (Å²) in [5.41, 5.74) is -0.784. The summed E-state index contributed by atoms with van der Waals surface area (Å²) in [6, 6.07) is 5.40. The molecule has 2 heterocycles. The van der Waals surface area contributed by atoms with Gasteiger partial charge in [-0.2, -0.15) is 18.2 Å². The van der Waals surface area contributed by atoms with Crippen molar-refractivity contribution in [3.63, 3.8) is 0 Å². The average Bonchev–Trinajstić information content (AvgIpc) is 2.95. The minimum atomic E-state index is -4.56. The van der Waals surface area contributed by atoms with Gasteiger partial charge in [0, 0.05) is 28.0 Å². The molecule has 0 atom stereocenters. The van der Waals surface area contributed by atoms with Crippen LogP contribution in [0.1, 0.15) is 5.56 Å². The van der Waals surface area contributed by atoms with Gasteiger partial charge in [-0.3, -0.25) is 4.98 Å². The van der Waals surface area contributed by atoms with E-state index in [9.17, 15) is 13.2 Å². The van der Waals surface area contributed by atoms with Crippen molar-refractivity contribution >= 4 is 23.2 Å². The van der Waals surface area contributed by atoms with Crippen molar-refractivity contribution in [3.8, 4) is 22.8 Å². The molecule has 1 aromatic carbocycles. The summed E-state index contributed by atoms with van der Waals surface area (Å²) in [5.74, 6) is -0.224. The number of rotatable bonds is 2. The summed E-state index contributed by atoms with van der Waals surface area (Å²) in [4.78, 5) is 7.65. The summed E-state index contributed by atoms with van der Waals surface area (Å²) in [7, 11) is 0. The molecule has 0 bridgehead atoms. The van der Waals surface area contributed by atoms with Crippen molar-refractivity contribution in [3.05, 3.63) is 52.3 Å². The number of hydrogen-bond donors (Lipinski definition) is 0. The van der Waals surface area contributed by atoms with E-state index in [1.165, 1.54) is 18.2 Å². The largest absolute Gasteiger partial charge is 0.417 e. The molecular weight excluding hydrogens is 354 g/mol. The fourth-order valence-corrected chi connectivity index (χ4v) is 2.47. The van der Waals surface area contributed by atoms with E-state index >= 15 is 0 Å². The van der Waals surface area contributed by atoms with Crippen LogP contribution in [0.15, 0.2) is 41.2 Å². The number of hydrogen-bond acceptors (Lipinski definition) is 4. The predicted octanol–water partition coefficient (Wildman–Crippen LogP) is 5.12. The molecule has 0 fully saturated rings. The number of alkyl halides is 3. The zero-order chi connectivity index (χ0) is 16.6. The number of benzene rings is 1. The molecule has 0 radical (unpaired) electrons. The molecule has 0 N–H and O–H groups in total. The maximum absolute atomic E-state index is 13.0. The quantitative estimate of drug-likeness (QED) is 0.636. The Kier molecular flexibility index (Phi) is 3.99. The zero-order valence-corrected chi connectivity index (χ0v) is 12.6. The smallest absolute Gasteiger partial charge is 0.334 e. The van der Waals surface area contributed by atoms with Gasteiger partial charge >= 0.3 is 6.18 Å². The van der Waals surface area contributed by atoms with Crippen LogP contribution in [0.3, 0.4) is 0 Å². The number of pyridine rings is 1. The third-order valence-electron chi connectivity index (χ3n) is 2.90. The molecular formula is C14H6Cl2F3N3O. The van der Waals surface area contributed by atoms with Crippen molar-refractivity contribution < 1.29 is 17.7 Å². The lowest BCUT2D eigenvalue weighted by Crippen LogP contribution is -2.07. The van der Waals surface area contributed by atoms with Gasteiger partial charge in [0.25, 0.3) is 5.89 Å². The molecule has 9 heteroatoms. The van der Waals surface area contributed by atoms with Gasteiger partial charge in [0.1, 0.15) is 0 Å². The topological polar surface area (TPSA) is 51.8 Å². The van der Waals surface area contributed by atoms with Crippen LogP contribution >= 0.6 is 23.2 Å². The van der Waals surface area contributed by atoms with Crippen LogP contribution in [0.25, 0.3) is 22.8 Å². The van der Waals surface area contributed by atoms with Crippen molar-refractivity contribution in [2.75, 3.05) is 0 Å². The van der Waals surface area contributed by atoms with Crippen LogP contribution in [0.4, 0.5) is 13.2 Å². The molecule has 23 heavy (non-hydrogen) atoms. The molecule has 2 aromatic heterocycles. The maximum Gasteiger partial charge on any atom is 0.417 e. The Morgan fingerprint density at radius 3 is 2.39 bits per heavy atom. The highest BCUT2D eigenvalue weighted by atomic mass is 35.5. The summed E-state index contributed by atoms with van der Waals surface area (Å²) >= 11 is 11.8. The van der Waals surface area contributed by atoms with Crippen LogP contribution in [0.5, 0.6) is 0 Å². The third-order valence-corrected chi connectivity index (χ3v) is 3.34. The molecule has 0 aliphatic heterocycles. The first-order valence-corrected chi connectivity index (χ1v) is 6.92. The Morgan fingerprint density at radius 2 is 1.74 bits per heavy atom. The van der Waals surface area contributed by atoms with Crippen LogP contribution in [0, 0.1) is 0 Å². The Bertz CT molecular complexity index is 844. The lowest BCUT2D eigenvalue weighted by molar-refractivity contribution is -0.137. The van der Waals surface area contributed by atoms with Crippen LogP contribution in [-0.4, -0.2) is 15.1 Å². The van der Waals surface area contributed by atoms with Gasteiger partial charge in [-0.05, 0) is 24.3 Å². The molecule has 0 saturated heterocycles. The predicted molar refractivity (Wildman–Crippen MR) is 78.0 cm³/mol. The minimum absolute atomic E-state index is 0.0707. The zero-order valence-electron chi connectivity index (χ0n) is 11.1. The van der Waals surface area contributed by atoms with E-state index in [1.807, 2.05) is 0 Å². The van der Waals surface area contributed by atoms with Crippen molar-refractivity contribution in [2.24, 2.45) is 0 Å². The Hall–Kier alpha value is -2.12. The normalized spacial score (nSPS) is 11.7. The monoisotopic (exact) mass is 359 g/mol. The second kappa shape index (κ2) is 5.82. The molecule has 4 nitrogen and oxygen atoms in total. The van der Waals surface area contributed by atoms with Gasteiger partial charge in [0.15, 0.2) is 0 Å². The molecule has 0 saturated carbocycles. The lowest BCUT2D eigenvalue weighted by atomic mass is 10.1. The van der Waals surface area contributed by atoms with E-state index in [1.54, 1.807) is 0 Å². The Labute approximate surface area is 137 Å². The van der Waals surface area contributed by atoms with Crippen LogP contribution in [0.2, 0.25) is 10.0 Å². The molecule has 118 valence electrons. The summed E-state index contributed by atoms with van der Waals surface area (Å²) in [6.45, 7) is 0. The number of aromatic nitrogens is 3. The van der Waals surface area contributed by atoms with Crippen LogP contribution < -0.4 is 0 Å². The second-order valence-electron chi connectivity index (χ2n) is 4.50. The molecule has 0 amide bonds. The first kappa shape index (κ1) is 15.8. The van der Waals surface area contributed by atoms with Gasteiger partial charge < -0.3 is 4.52 Å². The average molecular weight is 360 g/mol. The van der Waals surface area contributed by atoms with E-state index < -0.39 is 11.7 Å². The number of halogens is 5. The second-order valence-corrected chi connectivity index (χ2v) is 5.37. The van der Waals surface area contributed by atoms with Crippen molar-refractivity contribution in [2.45, 2.75) is 6.18 Å². The summed E-state index contributed by atoms with van der Waals surface area (Å²) < 4.78 is 44.0. The molecule has 0 aliphatic carbocycles. The van der Waals surface area contributed by atoms with E-state index in [4.69, 9.17) is 27.7 Å². The summed E-state index contributed by atoms with van der Waals surface area (Å²) in [5, 5.41) is 4.36. The molecule has 0 aliphatic rings. The first-order valence-electron chi connectivity index (χ1n) is 6.16. The Morgan fingerprint density at radius 1 is 1.04 bits per heavy atom. The van der Waals surface area contributed by atoms with Gasteiger partial charge in [-0.1, -0.05) is 28.4 Å². The highest BCUT2D eigenvalue weighted by Gasteiger charge is 2.35. The minimum Gasteiger partial charge on any atom is -0.334 e. The fraction of sp³-hybridized carbons (Fsp3) is 0.0714. The van der Waals surface area contributed by atoms with Gasteiger partial charge in [-0.25, -0.2) is 0 Å². The fourth-order valence-electron chi connectivity index (χ4n) is 1.95. The maximum atomic E-state index is 13.0. The van der Waals surface area contributed by atoms with Crippen LogP contribution in [-0.2, 0) is 6.18 Å². The van der Waals surface area contributed by atoms with E-state index in [2.05, 4.69) is 15.1 Å². The van der Waals surface area contributed by atoms with Crippen molar-refractivity contribution in [1.29, 1.82) is 0 Å².